The van der Waals surface area contributed by atoms with Crippen LogP contribution in [0.4, 0.5) is 0 Å². The smallest absolute Gasteiger partial charge is 0.255 e. The van der Waals surface area contributed by atoms with Crippen molar-refractivity contribution in [1.82, 2.24) is 4.90 Å². The lowest BCUT2D eigenvalue weighted by atomic mass is 10.2. The van der Waals surface area contributed by atoms with Crippen molar-refractivity contribution < 1.29 is 9.00 Å². The summed E-state index contributed by atoms with van der Waals surface area (Å²) >= 11 is 11.9. The summed E-state index contributed by atoms with van der Waals surface area (Å²) in [6.07, 6.45) is 0.754. The fourth-order valence-electron chi connectivity index (χ4n) is 2.02. The molecule has 19 heavy (non-hydrogen) atoms. The lowest BCUT2D eigenvalue weighted by Gasteiger charge is -2.20. The number of amides is 1. The van der Waals surface area contributed by atoms with Gasteiger partial charge in [-0.2, -0.15) is 0 Å². The van der Waals surface area contributed by atoms with Crippen molar-refractivity contribution in [1.29, 1.82) is 0 Å². The Kier molecular flexibility index (Phi) is 4.87. The molecule has 0 aliphatic carbocycles. The van der Waals surface area contributed by atoms with E-state index in [9.17, 15) is 9.00 Å². The highest BCUT2D eigenvalue weighted by atomic mass is 35.5. The number of nitrogens with zero attached hydrogens (tertiary/aromatic N) is 1. The SMILES string of the molecule is C[C@H]1CCN(C(=O)c2ccc(Cl)cc2Cl)CC[S@@]1=O. The van der Waals surface area contributed by atoms with Crippen molar-refractivity contribution in [3.05, 3.63) is 33.8 Å². The number of benzene rings is 1. The van der Waals surface area contributed by atoms with Gasteiger partial charge < -0.3 is 4.90 Å². The monoisotopic (exact) mass is 319 g/mol. The molecule has 1 fully saturated rings. The summed E-state index contributed by atoms with van der Waals surface area (Å²) in [4.78, 5) is 14.1. The van der Waals surface area contributed by atoms with Crippen LogP contribution >= 0.6 is 23.2 Å². The van der Waals surface area contributed by atoms with Gasteiger partial charge in [0.05, 0.1) is 10.6 Å². The molecule has 3 nitrogen and oxygen atoms in total. The second-order valence-electron chi connectivity index (χ2n) is 4.60. The zero-order chi connectivity index (χ0) is 14.0. The topological polar surface area (TPSA) is 37.4 Å². The van der Waals surface area contributed by atoms with E-state index in [0.717, 1.165) is 6.42 Å². The summed E-state index contributed by atoms with van der Waals surface area (Å²) in [6.45, 7) is 3.08. The maximum Gasteiger partial charge on any atom is 0.255 e. The molecule has 6 heteroatoms. The van der Waals surface area contributed by atoms with Gasteiger partial charge in [0.15, 0.2) is 0 Å². The third-order valence-electron chi connectivity index (χ3n) is 3.27. The Balaban J connectivity index is 2.17. The molecule has 0 bridgehead atoms. The van der Waals surface area contributed by atoms with Crippen LogP contribution < -0.4 is 0 Å². The van der Waals surface area contributed by atoms with Crippen molar-refractivity contribution >= 4 is 39.9 Å². The summed E-state index contributed by atoms with van der Waals surface area (Å²) in [6, 6.07) is 4.85. The minimum Gasteiger partial charge on any atom is -0.338 e. The van der Waals surface area contributed by atoms with Gasteiger partial charge in [0.2, 0.25) is 0 Å². The molecular weight excluding hydrogens is 305 g/mol. The summed E-state index contributed by atoms with van der Waals surface area (Å²) in [7, 11) is -0.853. The van der Waals surface area contributed by atoms with Crippen LogP contribution in [0, 0.1) is 0 Å². The first-order valence-electron chi connectivity index (χ1n) is 6.10. The Labute approximate surface area is 125 Å². The van der Waals surface area contributed by atoms with Gasteiger partial charge in [-0.15, -0.1) is 0 Å². The minimum absolute atomic E-state index is 0.118. The predicted octanol–water partition coefficient (Wildman–Crippen LogP) is 2.98. The molecule has 1 heterocycles. The molecule has 2 atom stereocenters. The van der Waals surface area contributed by atoms with Gasteiger partial charge >= 0.3 is 0 Å². The standard InChI is InChI=1S/C13H15Cl2NO2S/c1-9-4-5-16(6-7-19(9)18)13(17)11-3-2-10(14)8-12(11)15/h2-3,8-9H,4-7H2,1H3/t9-,19-/m0/s1. The van der Waals surface area contributed by atoms with Gasteiger partial charge in [0.1, 0.15) is 0 Å². The van der Waals surface area contributed by atoms with Crippen LogP contribution in [-0.2, 0) is 10.8 Å². The van der Waals surface area contributed by atoms with Gasteiger partial charge in [0, 0.05) is 39.9 Å². The number of hydrogen-bond donors (Lipinski definition) is 0. The molecule has 1 aliphatic rings. The molecular formula is C13H15Cl2NO2S. The molecule has 1 saturated heterocycles. The second kappa shape index (κ2) is 6.25. The molecule has 2 rings (SSSR count). The van der Waals surface area contributed by atoms with E-state index < -0.39 is 10.8 Å². The number of halogens is 2. The van der Waals surface area contributed by atoms with E-state index in [4.69, 9.17) is 23.2 Å². The van der Waals surface area contributed by atoms with Crippen LogP contribution in [0.15, 0.2) is 18.2 Å². The van der Waals surface area contributed by atoms with E-state index in [1.807, 2.05) is 6.92 Å². The van der Waals surface area contributed by atoms with Gasteiger partial charge in [0.25, 0.3) is 5.91 Å². The van der Waals surface area contributed by atoms with Crippen molar-refractivity contribution in [2.24, 2.45) is 0 Å². The molecule has 104 valence electrons. The van der Waals surface area contributed by atoms with Crippen molar-refractivity contribution in [2.75, 3.05) is 18.8 Å². The fraction of sp³-hybridized carbons (Fsp3) is 0.462. The van der Waals surface area contributed by atoms with E-state index in [1.165, 1.54) is 0 Å². The van der Waals surface area contributed by atoms with Crippen LogP contribution in [0.2, 0.25) is 10.0 Å². The summed E-state index contributed by atoms with van der Waals surface area (Å²) in [5.74, 6) is 0.408. The van der Waals surface area contributed by atoms with Gasteiger partial charge in [-0.1, -0.05) is 30.1 Å². The number of carbonyl (C=O) groups excluding carboxylic acids is 1. The molecule has 0 N–H and O–H groups in total. The number of rotatable bonds is 1. The number of carbonyl (C=O) groups is 1. The second-order valence-corrected chi connectivity index (χ2v) is 7.42. The molecule has 0 radical (unpaired) electrons. The molecule has 1 aromatic rings. The quantitative estimate of drug-likeness (QED) is 0.798. The minimum atomic E-state index is -0.853. The Morgan fingerprint density at radius 1 is 1.37 bits per heavy atom. The molecule has 0 aromatic heterocycles. The van der Waals surface area contributed by atoms with Crippen molar-refractivity contribution in [3.8, 4) is 0 Å². The lowest BCUT2D eigenvalue weighted by molar-refractivity contribution is 0.0767. The first-order chi connectivity index (χ1) is 8.99. The van der Waals surface area contributed by atoms with E-state index in [2.05, 4.69) is 0 Å². The molecule has 0 unspecified atom stereocenters. The number of hydrogen-bond acceptors (Lipinski definition) is 2. The van der Waals surface area contributed by atoms with Gasteiger partial charge in [-0.05, 0) is 24.6 Å². The molecule has 0 saturated carbocycles. The molecule has 1 aromatic carbocycles. The fourth-order valence-corrected chi connectivity index (χ4v) is 3.68. The van der Waals surface area contributed by atoms with E-state index in [-0.39, 0.29) is 11.2 Å². The normalized spacial score (nSPS) is 24.1. The Morgan fingerprint density at radius 3 is 2.79 bits per heavy atom. The van der Waals surface area contributed by atoms with Crippen LogP contribution in [0.1, 0.15) is 23.7 Å². The zero-order valence-corrected chi connectivity index (χ0v) is 12.9. The van der Waals surface area contributed by atoms with Crippen molar-refractivity contribution in [3.63, 3.8) is 0 Å². The first kappa shape index (κ1) is 14.8. The zero-order valence-electron chi connectivity index (χ0n) is 10.6. The molecule has 0 spiro atoms. The third-order valence-corrected chi connectivity index (χ3v) is 5.53. The Hall–Kier alpha value is -0.580. The highest BCUT2D eigenvalue weighted by molar-refractivity contribution is 7.85. The summed E-state index contributed by atoms with van der Waals surface area (Å²) in [5.41, 5.74) is 0.450. The lowest BCUT2D eigenvalue weighted by Crippen LogP contribution is -2.33. The Morgan fingerprint density at radius 2 is 2.11 bits per heavy atom. The Bertz CT molecular complexity index is 521. The van der Waals surface area contributed by atoms with Crippen LogP contribution in [0.25, 0.3) is 0 Å². The van der Waals surface area contributed by atoms with Gasteiger partial charge in [-0.3, -0.25) is 9.00 Å². The van der Waals surface area contributed by atoms with E-state index >= 15 is 0 Å². The van der Waals surface area contributed by atoms with Crippen LogP contribution in [0.3, 0.4) is 0 Å². The van der Waals surface area contributed by atoms with E-state index in [0.29, 0.717) is 34.5 Å². The van der Waals surface area contributed by atoms with Gasteiger partial charge in [-0.25, -0.2) is 0 Å². The molecule has 1 aliphatic heterocycles. The first-order valence-corrected chi connectivity index (χ1v) is 8.24. The van der Waals surface area contributed by atoms with E-state index in [1.54, 1.807) is 23.1 Å². The molecule has 1 amide bonds. The van der Waals surface area contributed by atoms with Crippen LogP contribution in [-0.4, -0.2) is 39.1 Å². The highest BCUT2D eigenvalue weighted by Gasteiger charge is 2.24. The van der Waals surface area contributed by atoms with Crippen molar-refractivity contribution in [2.45, 2.75) is 18.6 Å². The summed E-state index contributed by atoms with van der Waals surface area (Å²) in [5, 5.41) is 1.00. The largest absolute Gasteiger partial charge is 0.338 e. The maximum atomic E-state index is 12.4. The highest BCUT2D eigenvalue weighted by Crippen LogP contribution is 2.23. The average molecular weight is 320 g/mol. The maximum absolute atomic E-state index is 12.4. The average Bonchev–Trinajstić information content (AvgIpc) is 2.52. The summed E-state index contributed by atoms with van der Waals surface area (Å²) < 4.78 is 11.8. The van der Waals surface area contributed by atoms with Crippen LogP contribution in [0.5, 0.6) is 0 Å². The third kappa shape index (κ3) is 3.50. The predicted molar refractivity (Wildman–Crippen MR) is 79.5 cm³/mol.